The Bertz CT molecular complexity index is 1050. The number of aromatic nitrogens is 1. The average Bonchev–Trinajstić information content (AvgIpc) is 2.85. The van der Waals surface area contributed by atoms with E-state index in [4.69, 9.17) is 4.74 Å². The van der Waals surface area contributed by atoms with Crippen LogP contribution in [0.2, 0.25) is 0 Å². The Morgan fingerprint density at radius 1 is 1.06 bits per heavy atom. The molecule has 0 unspecified atom stereocenters. The zero-order valence-corrected chi connectivity index (χ0v) is 18.1. The molecule has 1 aliphatic heterocycles. The molecule has 164 valence electrons. The summed E-state index contributed by atoms with van der Waals surface area (Å²) >= 11 is 0. The second-order valence-electron chi connectivity index (χ2n) is 7.62. The lowest BCUT2D eigenvalue weighted by Crippen LogP contribution is -2.46. The maximum absolute atomic E-state index is 12.3. The first kappa shape index (κ1) is 21.5. The molecule has 0 atom stereocenters. The molecule has 1 saturated heterocycles. The van der Waals surface area contributed by atoms with Crippen LogP contribution in [-0.4, -0.2) is 55.3 Å². The molecule has 7 heteroatoms. The summed E-state index contributed by atoms with van der Waals surface area (Å²) in [6.45, 7) is 4.72. The largest absolute Gasteiger partial charge is 0.495 e. The summed E-state index contributed by atoms with van der Waals surface area (Å²) in [6.07, 6.45) is 4.95. The van der Waals surface area contributed by atoms with Crippen molar-refractivity contribution in [1.82, 2.24) is 15.3 Å². The molecular formula is C25H27N5O2. The first-order chi connectivity index (χ1) is 15.7. The molecule has 1 aromatic heterocycles. The van der Waals surface area contributed by atoms with Gasteiger partial charge in [0.1, 0.15) is 5.75 Å². The highest BCUT2D eigenvalue weighted by Crippen LogP contribution is 2.28. The highest BCUT2D eigenvalue weighted by Gasteiger charge is 2.19. The van der Waals surface area contributed by atoms with Gasteiger partial charge in [-0.25, -0.2) is 5.43 Å². The van der Waals surface area contributed by atoms with Gasteiger partial charge in [-0.1, -0.05) is 30.3 Å². The Kier molecular flexibility index (Phi) is 7.09. The number of methoxy groups -OCH3 is 1. The third-order valence-electron chi connectivity index (χ3n) is 5.48. The van der Waals surface area contributed by atoms with Gasteiger partial charge in [-0.05, 0) is 35.9 Å². The van der Waals surface area contributed by atoms with Crippen LogP contribution in [-0.2, 0) is 6.54 Å². The second kappa shape index (κ2) is 10.5. The van der Waals surface area contributed by atoms with E-state index in [9.17, 15) is 4.79 Å². The SMILES string of the molecule is COc1ccccc1N1CCN(Cc2ccc(C(=O)N/N=C\c3cccnc3)cc2)CC1. The molecular weight excluding hydrogens is 402 g/mol. The molecule has 3 aromatic rings. The molecule has 1 aliphatic rings. The number of pyridine rings is 1. The van der Waals surface area contributed by atoms with Crippen molar-refractivity contribution in [3.63, 3.8) is 0 Å². The number of carbonyl (C=O) groups excluding carboxylic acids is 1. The first-order valence-corrected chi connectivity index (χ1v) is 10.7. The Morgan fingerprint density at radius 2 is 1.84 bits per heavy atom. The van der Waals surface area contributed by atoms with Gasteiger partial charge in [0, 0.05) is 56.2 Å². The number of amides is 1. The van der Waals surface area contributed by atoms with E-state index in [1.165, 1.54) is 5.56 Å². The maximum Gasteiger partial charge on any atom is 0.271 e. The number of carbonyl (C=O) groups is 1. The summed E-state index contributed by atoms with van der Waals surface area (Å²) in [4.78, 5) is 21.1. The zero-order chi connectivity index (χ0) is 22.2. The number of hydrazone groups is 1. The molecule has 4 rings (SSSR count). The summed E-state index contributed by atoms with van der Waals surface area (Å²) in [5.74, 6) is 0.682. The molecule has 0 bridgehead atoms. The minimum Gasteiger partial charge on any atom is -0.495 e. The Morgan fingerprint density at radius 3 is 2.56 bits per heavy atom. The van der Waals surface area contributed by atoms with Gasteiger partial charge in [-0.2, -0.15) is 5.10 Å². The van der Waals surface area contributed by atoms with Crippen LogP contribution < -0.4 is 15.1 Å². The van der Waals surface area contributed by atoms with Gasteiger partial charge in [-0.3, -0.25) is 14.7 Å². The molecule has 7 nitrogen and oxygen atoms in total. The molecule has 1 fully saturated rings. The highest BCUT2D eigenvalue weighted by molar-refractivity contribution is 5.94. The summed E-state index contributed by atoms with van der Waals surface area (Å²) in [5.41, 5.74) is 6.30. The van der Waals surface area contributed by atoms with E-state index in [1.54, 1.807) is 25.7 Å². The van der Waals surface area contributed by atoms with Gasteiger partial charge in [0.15, 0.2) is 0 Å². The summed E-state index contributed by atoms with van der Waals surface area (Å²) in [6, 6.07) is 19.5. The van der Waals surface area contributed by atoms with Crippen LogP contribution in [0.5, 0.6) is 5.75 Å². The van der Waals surface area contributed by atoms with Crippen molar-refractivity contribution >= 4 is 17.8 Å². The topological polar surface area (TPSA) is 70.1 Å². The predicted molar refractivity (Wildman–Crippen MR) is 126 cm³/mol. The fourth-order valence-electron chi connectivity index (χ4n) is 3.74. The number of hydrogen-bond acceptors (Lipinski definition) is 6. The van der Waals surface area contributed by atoms with Gasteiger partial charge < -0.3 is 9.64 Å². The number of benzene rings is 2. The zero-order valence-electron chi connectivity index (χ0n) is 18.1. The van der Waals surface area contributed by atoms with Crippen LogP contribution in [0.15, 0.2) is 78.2 Å². The Balaban J connectivity index is 1.27. The van der Waals surface area contributed by atoms with Crippen LogP contribution in [0.4, 0.5) is 5.69 Å². The van der Waals surface area contributed by atoms with E-state index >= 15 is 0 Å². The van der Waals surface area contributed by atoms with Crippen molar-refractivity contribution in [3.8, 4) is 5.75 Å². The number of hydrogen-bond donors (Lipinski definition) is 1. The molecule has 2 heterocycles. The van der Waals surface area contributed by atoms with Crippen molar-refractivity contribution in [2.75, 3.05) is 38.2 Å². The normalized spacial score (nSPS) is 14.5. The lowest BCUT2D eigenvalue weighted by Gasteiger charge is -2.36. The monoisotopic (exact) mass is 429 g/mol. The fourth-order valence-corrected chi connectivity index (χ4v) is 3.74. The van der Waals surface area contributed by atoms with Crippen LogP contribution in [0.3, 0.4) is 0 Å². The molecule has 1 N–H and O–H groups in total. The van der Waals surface area contributed by atoms with Gasteiger partial charge in [0.05, 0.1) is 19.0 Å². The minimum absolute atomic E-state index is 0.234. The van der Waals surface area contributed by atoms with Crippen LogP contribution in [0, 0.1) is 0 Å². The number of piperazine rings is 1. The number of ether oxygens (including phenoxy) is 1. The lowest BCUT2D eigenvalue weighted by molar-refractivity contribution is 0.0955. The van der Waals surface area contributed by atoms with Crippen molar-refractivity contribution in [1.29, 1.82) is 0 Å². The van der Waals surface area contributed by atoms with Gasteiger partial charge in [-0.15, -0.1) is 0 Å². The van der Waals surface area contributed by atoms with Gasteiger partial charge in [0.2, 0.25) is 0 Å². The van der Waals surface area contributed by atoms with E-state index in [2.05, 4.69) is 31.4 Å². The Labute approximate surface area is 188 Å². The standard InChI is InChI=1S/C25H27N5O2/c1-32-24-7-3-2-6-23(24)30-15-13-29(14-16-30)19-20-8-10-22(11-9-20)25(31)28-27-18-21-5-4-12-26-17-21/h2-12,17-18H,13-16,19H2,1H3,(H,28,31)/b27-18-. The van der Waals surface area contributed by atoms with E-state index in [-0.39, 0.29) is 5.91 Å². The van der Waals surface area contributed by atoms with E-state index < -0.39 is 0 Å². The molecule has 0 saturated carbocycles. The maximum atomic E-state index is 12.3. The third kappa shape index (κ3) is 5.50. The quantitative estimate of drug-likeness (QED) is 0.462. The van der Waals surface area contributed by atoms with Crippen molar-refractivity contribution in [2.24, 2.45) is 5.10 Å². The molecule has 1 amide bonds. The Hall–Kier alpha value is -3.71. The minimum atomic E-state index is -0.234. The number of anilines is 1. The molecule has 0 aliphatic carbocycles. The third-order valence-corrected chi connectivity index (χ3v) is 5.48. The smallest absolute Gasteiger partial charge is 0.271 e. The number of rotatable bonds is 7. The fraction of sp³-hybridized carbons (Fsp3) is 0.240. The van der Waals surface area contributed by atoms with Gasteiger partial charge in [0.25, 0.3) is 5.91 Å². The second-order valence-corrected chi connectivity index (χ2v) is 7.62. The first-order valence-electron chi connectivity index (χ1n) is 10.7. The molecule has 0 radical (unpaired) electrons. The number of nitrogens with one attached hydrogen (secondary N) is 1. The molecule has 32 heavy (non-hydrogen) atoms. The average molecular weight is 430 g/mol. The van der Waals surface area contributed by atoms with E-state index in [0.717, 1.165) is 49.7 Å². The number of para-hydroxylation sites is 2. The van der Waals surface area contributed by atoms with Crippen LogP contribution in [0.25, 0.3) is 0 Å². The van der Waals surface area contributed by atoms with E-state index in [1.807, 2.05) is 54.6 Å². The summed E-state index contributed by atoms with van der Waals surface area (Å²) in [7, 11) is 1.71. The predicted octanol–water partition coefficient (Wildman–Crippen LogP) is 3.18. The van der Waals surface area contributed by atoms with Crippen molar-refractivity contribution in [3.05, 3.63) is 89.7 Å². The summed E-state index contributed by atoms with van der Waals surface area (Å²) in [5, 5.41) is 3.99. The van der Waals surface area contributed by atoms with E-state index in [0.29, 0.717) is 5.56 Å². The molecule has 2 aromatic carbocycles. The number of nitrogens with zero attached hydrogens (tertiary/aromatic N) is 4. The summed E-state index contributed by atoms with van der Waals surface area (Å²) < 4.78 is 5.50. The van der Waals surface area contributed by atoms with Crippen LogP contribution in [0.1, 0.15) is 21.5 Å². The van der Waals surface area contributed by atoms with Crippen molar-refractivity contribution < 1.29 is 9.53 Å². The lowest BCUT2D eigenvalue weighted by atomic mass is 10.1. The van der Waals surface area contributed by atoms with Gasteiger partial charge >= 0.3 is 0 Å². The highest BCUT2D eigenvalue weighted by atomic mass is 16.5. The van der Waals surface area contributed by atoms with Crippen molar-refractivity contribution in [2.45, 2.75) is 6.54 Å². The molecule has 0 spiro atoms. The van der Waals surface area contributed by atoms with Crippen LogP contribution >= 0.6 is 0 Å².